The first kappa shape index (κ1) is 12.1. The van der Waals surface area contributed by atoms with E-state index >= 15 is 0 Å². The van der Waals surface area contributed by atoms with Gasteiger partial charge >= 0.3 is 0 Å². The average Bonchev–Trinajstić information content (AvgIpc) is 2.85. The Labute approximate surface area is 105 Å². The quantitative estimate of drug-likeness (QED) is 0.827. The second-order valence-corrected chi connectivity index (χ2v) is 3.90. The summed E-state index contributed by atoms with van der Waals surface area (Å²) in [4.78, 5) is 0. The van der Waals surface area contributed by atoms with E-state index in [1.807, 2.05) is 23.0 Å². The summed E-state index contributed by atoms with van der Waals surface area (Å²) in [7, 11) is 1.66. The number of nitriles is 1. The van der Waals surface area contributed by atoms with Crippen molar-refractivity contribution in [1.29, 1.82) is 5.26 Å². The summed E-state index contributed by atoms with van der Waals surface area (Å²) in [6.45, 7) is 1.33. The van der Waals surface area contributed by atoms with Crippen LogP contribution in [0.2, 0.25) is 0 Å². The van der Waals surface area contributed by atoms with Crippen LogP contribution in [0.25, 0.3) is 11.1 Å². The molecule has 2 aromatic rings. The summed E-state index contributed by atoms with van der Waals surface area (Å²) in [5.41, 5.74) is 8.69. The molecule has 2 N–H and O–H groups in total. The van der Waals surface area contributed by atoms with Gasteiger partial charge in [-0.1, -0.05) is 6.07 Å². The molecule has 92 valence electrons. The summed E-state index contributed by atoms with van der Waals surface area (Å²) in [5, 5.41) is 13.1. The molecule has 0 saturated heterocycles. The maximum absolute atomic E-state index is 8.82. The summed E-state index contributed by atoms with van der Waals surface area (Å²) >= 11 is 0. The molecular formula is C13H14N4O. The predicted octanol–water partition coefficient (Wildman–Crippen LogP) is 1.65. The Kier molecular flexibility index (Phi) is 3.60. The number of ether oxygens (including phenoxy) is 1. The summed E-state index contributed by atoms with van der Waals surface area (Å²) < 4.78 is 6.81. The number of methoxy groups -OCH3 is 1. The number of rotatable bonds is 4. The third-order valence-electron chi connectivity index (χ3n) is 2.66. The lowest BCUT2D eigenvalue weighted by molar-refractivity contribution is 0.183. The first-order chi connectivity index (χ1) is 8.74. The van der Waals surface area contributed by atoms with Gasteiger partial charge in [0.2, 0.25) is 0 Å². The fourth-order valence-corrected chi connectivity index (χ4v) is 1.66. The molecule has 0 spiro atoms. The highest BCUT2D eigenvalue weighted by atomic mass is 16.5. The van der Waals surface area contributed by atoms with E-state index in [1.54, 1.807) is 25.4 Å². The zero-order valence-corrected chi connectivity index (χ0v) is 10.1. The molecule has 0 aliphatic heterocycles. The Morgan fingerprint density at radius 1 is 1.44 bits per heavy atom. The van der Waals surface area contributed by atoms with Crippen LogP contribution in [-0.2, 0) is 11.3 Å². The molecule has 0 aliphatic rings. The molecule has 0 unspecified atom stereocenters. The first-order valence-corrected chi connectivity index (χ1v) is 5.56. The normalized spacial score (nSPS) is 10.2. The number of anilines is 1. The zero-order valence-electron chi connectivity index (χ0n) is 10.1. The Hall–Kier alpha value is -2.32. The van der Waals surface area contributed by atoms with Crippen molar-refractivity contribution >= 4 is 5.69 Å². The number of aromatic nitrogens is 2. The van der Waals surface area contributed by atoms with Crippen molar-refractivity contribution in [3.63, 3.8) is 0 Å². The summed E-state index contributed by atoms with van der Waals surface area (Å²) in [6, 6.07) is 7.42. The van der Waals surface area contributed by atoms with E-state index in [0.717, 1.165) is 11.1 Å². The maximum atomic E-state index is 8.82. The van der Waals surface area contributed by atoms with Crippen LogP contribution < -0.4 is 5.73 Å². The Bertz CT molecular complexity index is 583. The van der Waals surface area contributed by atoms with Gasteiger partial charge in [0.25, 0.3) is 0 Å². The molecule has 0 atom stereocenters. The number of hydrogen-bond donors (Lipinski definition) is 1. The summed E-state index contributed by atoms with van der Waals surface area (Å²) in [5.74, 6) is 0. The van der Waals surface area contributed by atoms with Gasteiger partial charge in [-0.05, 0) is 17.7 Å². The second-order valence-electron chi connectivity index (χ2n) is 3.90. The third kappa shape index (κ3) is 2.50. The molecule has 0 radical (unpaired) electrons. The van der Waals surface area contributed by atoms with Gasteiger partial charge in [0.15, 0.2) is 0 Å². The van der Waals surface area contributed by atoms with Crippen molar-refractivity contribution in [2.24, 2.45) is 0 Å². The molecule has 5 nitrogen and oxygen atoms in total. The van der Waals surface area contributed by atoms with Gasteiger partial charge in [-0.25, -0.2) is 0 Å². The van der Waals surface area contributed by atoms with Crippen LogP contribution in [0.4, 0.5) is 5.69 Å². The average molecular weight is 242 g/mol. The van der Waals surface area contributed by atoms with Gasteiger partial charge in [-0.2, -0.15) is 10.4 Å². The molecular weight excluding hydrogens is 228 g/mol. The zero-order chi connectivity index (χ0) is 13.0. The van der Waals surface area contributed by atoms with E-state index in [-0.39, 0.29) is 0 Å². The second kappa shape index (κ2) is 5.34. The van der Waals surface area contributed by atoms with Crippen LogP contribution in [0.1, 0.15) is 5.56 Å². The lowest BCUT2D eigenvalue weighted by atomic mass is 10.1. The number of hydrogen-bond acceptors (Lipinski definition) is 4. The largest absolute Gasteiger partial charge is 0.398 e. The standard InChI is InChI=1S/C13H14N4O/c1-18-5-4-17-9-12(8-16-17)10-2-3-11(7-14)13(15)6-10/h2-3,6,8-9H,4-5,15H2,1H3. The molecule has 0 bridgehead atoms. The minimum Gasteiger partial charge on any atom is -0.398 e. The number of benzene rings is 1. The molecule has 0 aliphatic carbocycles. The number of nitrogens with zero attached hydrogens (tertiary/aromatic N) is 3. The van der Waals surface area contributed by atoms with Crippen molar-refractivity contribution in [2.45, 2.75) is 6.54 Å². The monoisotopic (exact) mass is 242 g/mol. The predicted molar refractivity (Wildman–Crippen MR) is 68.7 cm³/mol. The number of nitrogen functional groups attached to an aromatic ring is 1. The highest BCUT2D eigenvalue weighted by Gasteiger charge is 2.04. The Balaban J connectivity index is 2.24. The molecule has 1 heterocycles. The van der Waals surface area contributed by atoms with Crippen LogP contribution in [-0.4, -0.2) is 23.5 Å². The molecule has 0 fully saturated rings. The van der Waals surface area contributed by atoms with E-state index in [1.165, 1.54) is 0 Å². The maximum Gasteiger partial charge on any atom is 0.101 e. The molecule has 1 aromatic carbocycles. The van der Waals surface area contributed by atoms with E-state index in [0.29, 0.717) is 24.4 Å². The summed E-state index contributed by atoms with van der Waals surface area (Å²) in [6.07, 6.45) is 3.70. The van der Waals surface area contributed by atoms with Gasteiger partial charge in [0, 0.05) is 18.9 Å². The van der Waals surface area contributed by atoms with Gasteiger partial charge < -0.3 is 10.5 Å². The molecule has 18 heavy (non-hydrogen) atoms. The van der Waals surface area contributed by atoms with Crippen molar-refractivity contribution in [1.82, 2.24) is 9.78 Å². The van der Waals surface area contributed by atoms with Gasteiger partial charge in [-0.15, -0.1) is 0 Å². The van der Waals surface area contributed by atoms with Gasteiger partial charge in [0.1, 0.15) is 6.07 Å². The first-order valence-electron chi connectivity index (χ1n) is 5.56. The third-order valence-corrected chi connectivity index (χ3v) is 2.66. The van der Waals surface area contributed by atoms with E-state index < -0.39 is 0 Å². The lowest BCUT2D eigenvalue weighted by Gasteiger charge is -2.01. The van der Waals surface area contributed by atoms with E-state index in [2.05, 4.69) is 5.10 Å². The minimum atomic E-state index is 0.486. The van der Waals surface area contributed by atoms with E-state index in [4.69, 9.17) is 15.7 Å². The van der Waals surface area contributed by atoms with Crippen molar-refractivity contribution in [3.8, 4) is 17.2 Å². The van der Waals surface area contributed by atoms with Crippen molar-refractivity contribution in [3.05, 3.63) is 36.2 Å². The van der Waals surface area contributed by atoms with Gasteiger partial charge in [-0.3, -0.25) is 4.68 Å². The van der Waals surface area contributed by atoms with Crippen LogP contribution in [0, 0.1) is 11.3 Å². The Morgan fingerprint density at radius 3 is 2.94 bits per heavy atom. The fraction of sp³-hybridized carbons (Fsp3) is 0.231. The van der Waals surface area contributed by atoms with Crippen molar-refractivity contribution < 1.29 is 4.74 Å². The lowest BCUT2D eigenvalue weighted by Crippen LogP contribution is -2.03. The van der Waals surface area contributed by atoms with Crippen LogP contribution >= 0.6 is 0 Å². The molecule has 1 aromatic heterocycles. The smallest absolute Gasteiger partial charge is 0.101 e. The Morgan fingerprint density at radius 2 is 2.28 bits per heavy atom. The highest BCUT2D eigenvalue weighted by molar-refractivity contribution is 5.69. The van der Waals surface area contributed by atoms with Crippen LogP contribution in [0.5, 0.6) is 0 Å². The van der Waals surface area contributed by atoms with Crippen LogP contribution in [0.15, 0.2) is 30.6 Å². The molecule has 2 rings (SSSR count). The molecule has 0 saturated carbocycles. The molecule has 5 heteroatoms. The topological polar surface area (TPSA) is 76.9 Å². The fourth-order valence-electron chi connectivity index (χ4n) is 1.66. The van der Waals surface area contributed by atoms with Crippen LogP contribution in [0.3, 0.4) is 0 Å². The highest BCUT2D eigenvalue weighted by Crippen LogP contribution is 2.23. The van der Waals surface area contributed by atoms with Crippen molar-refractivity contribution in [2.75, 3.05) is 19.5 Å². The minimum absolute atomic E-state index is 0.486. The van der Waals surface area contributed by atoms with E-state index in [9.17, 15) is 0 Å². The number of nitrogens with two attached hydrogens (primary N) is 1. The van der Waals surface area contributed by atoms with Gasteiger partial charge in [0.05, 0.1) is 30.6 Å². The molecule has 0 amide bonds. The SMILES string of the molecule is COCCn1cc(-c2ccc(C#N)c(N)c2)cn1.